The van der Waals surface area contributed by atoms with Gasteiger partial charge in [-0.1, -0.05) is 19.1 Å². The number of hydrogen-bond acceptors (Lipinski definition) is 1. The van der Waals surface area contributed by atoms with Gasteiger partial charge in [0.2, 0.25) is 0 Å². The first-order chi connectivity index (χ1) is 7.01. The fourth-order valence-corrected chi connectivity index (χ4v) is 2.40. The normalized spacial score (nSPS) is 27.2. The van der Waals surface area contributed by atoms with Crippen LogP contribution < -0.4 is 0 Å². The fraction of sp³-hybridized carbons (Fsp3) is 0.538. The van der Waals surface area contributed by atoms with Crippen molar-refractivity contribution in [3.8, 4) is 0 Å². The minimum absolute atomic E-state index is 0.0803. The zero-order chi connectivity index (χ0) is 11.1. The maximum absolute atomic E-state index is 13.5. The molecule has 1 nitrogen and oxygen atoms in total. The van der Waals surface area contributed by atoms with Gasteiger partial charge < -0.3 is 4.90 Å². The Labute approximate surface area is 90.9 Å². The lowest BCUT2D eigenvalue weighted by molar-refractivity contribution is 0.381. The van der Waals surface area contributed by atoms with Crippen LogP contribution in [0.15, 0.2) is 18.2 Å². The number of likely N-dealkylation sites (N-methyl/N-ethyl adjacent to an activating group) is 1. The van der Waals surface area contributed by atoms with Gasteiger partial charge in [0.1, 0.15) is 5.82 Å². The number of hydrogen-bond donors (Lipinski definition) is 0. The Bertz CT molecular complexity index is 375. The number of nitrogens with zero attached hydrogens (tertiary/aromatic N) is 1. The quantitative estimate of drug-likeness (QED) is 0.684. The van der Waals surface area contributed by atoms with E-state index in [-0.39, 0.29) is 11.2 Å². The maximum Gasteiger partial charge on any atom is 0.126 e. The predicted molar refractivity (Wildman–Crippen MR) is 60.6 cm³/mol. The van der Waals surface area contributed by atoms with E-state index in [4.69, 9.17) is 0 Å². The first-order valence-electron chi connectivity index (χ1n) is 5.46. The zero-order valence-electron chi connectivity index (χ0n) is 9.68. The van der Waals surface area contributed by atoms with E-state index in [1.807, 2.05) is 13.0 Å². The van der Waals surface area contributed by atoms with Crippen molar-refractivity contribution in [3.63, 3.8) is 0 Å². The van der Waals surface area contributed by atoms with Gasteiger partial charge in [0.15, 0.2) is 0 Å². The fourth-order valence-electron chi connectivity index (χ4n) is 2.40. The van der Waals surface area contributed by atoms with Gasteiger partial charge >= 0.3 is 0 Å². The number of rotatable bonds is 1. The highest BCUT2D eigenvalue weighted by Gasteiger charge is 2.33. The molecule has 1 aliphatic heterocycles. The van der Waals surface area contributed by atoms with Gasteiger partial charge in [0, 0.05) is 12.0 Å². The Morgan fingerprint density at radius 3 is 2.67 bits per heavy atom. The predicted octanol–water partition coefficient (Wildman–Crippen LogP) is 2.73. The number of halogens is 1. The topological polar surface area (TPSA) is 3.24 Å². The Morgan fingerprint density at radius 1 is 1.40 bits per heavy atom. The van der Waals surface area contributed by atoms with E-state index in [1.54, 1.807) is 6.07 Å². The molecule has 1 heterocycles. The van der Waals surface area contributed by atoms with Crippen LogP contribution in [0.25, 0.3) is 0 Å². The Balaban J connectivity index is 2.33. The summed E-state index contributed by atoms with van der Waals surface area (Å²) in [4.78, 5) is 2.30. The summed E-state index contributed by atoms with van der Waals surface area (Å²) in [5.74, 6) is -0.0803. The molecular weight excluding hydrogens is 189 g/mol. The molecule has 1 aromatic rings. The van der Waals surface area contributed by atoms with Crippen LogP contribution in [0.5, 0.6) is 0 Å². The second-order valence-corrected chi connectivity index (χ2v) is 5.01. The van der Waals surface area contributed by atoms with Crippen molar-refractivity contribution >= 4 is 0 Å². The molecule has 0 aliphatic carbocycles. The molecule has 0 amide bonds. The zero-order valence-corrected chi connectivity index (χ0v) is 9.68. The van der Waals surface area contributed by atoms with E-state index in [0.29, 0.717) is 0 Å². The number of likely N-dealkylation sites (tertiary alicyclic amines) is 1. The molecular formula is C13H18FN. The summed E-state index contributed by atoms with van der Waals surface area (Å²) >= 11 is 0. The molecule has 0 unspecified atom stereocenters. The van der Waals surface area contributed by atoms with Gasteiger partial charge in [0.25, 0.3) is 0 Å². The van der Waals surface area contributed by atoms with Crippen molar-refractivity contribution in [2.75, 3.05) is 20.1 Å². The average Bonchev–Trinajstić information content (AvgIpc) is 2.52. The average molecular weight is 207 g/mol. The van der Waals surface area contributed by atoms with Gasteiger partial charge in [0.05, 0.1) is 0 Å². The van der Waals surface area contributed by atoms with Gasteiger partial charge in [-0.15, -0.1) is 0 Å². The largest absolute Gasteiger partial charge is 0.305 e. The van der Waals surface area contributed by atoms with Crippen LogP contribution in [0.1, 0.15) is 24.5 Å². The van der Waals surface area contributed by atoms with Crippen LogP contribution in [0, 0.1) is 12.7 Å². The molecule has 1 atom stereocenters. The lowest BCUT2D eigenvalue weighted by Crippen LogP contribution is -2.26. The summed E-state index contributed by atoms with van der Waals surface area (Å²) < 4.78 is 13.5. The van der Waals surface area contributed by atoms with E-state index in [9.17, 15) is 4.39 Å². The molecule has 0 bridgehead atoms. The third-order valence-electron chi connectivity index (χ3n) is 3.53. The maximum atomic E-state index is 13.5. The van der Waals surface area contributed by atoms with Crippen molar-refractivity contribution < 1.29 is 4.39 Å². The summed E-state index contributed by atoms with van der Waals surface area (Å²) in [7, 11) is 2.12. The van der Waals surface area contributed by atoms with Crippen LogP contribution in [0.4, 0.5) is 4.39 Å². The molecule has 0 radical (unpaired) electrons. The third-order valence-corrected chi connectivity index (χ3v) is 3.53. The van der Waals surface area contributed by atoms with Crippen LogP contribution in [0.3, 0.4) is 0 Å². The van der Waals surface area contributed by atoms with Crippen molar-refractivity contribution in [1.29, 1.82) is 0 Å². The Hall–Kier alpha value is -0.890. The monoisotopic (exact) mass is 207 g/mol. The van der Waals surface area contributed by atoms with Crippen LogP contribution in [-0.2, 0) is 5.41 Å². The van der Waals surface area contributed by atoms with Crippen molar-refractivity contribution in [1.82, 2.24) is 4.90 Å². The van der Waals surface area contributed by atoms with Gasteiger partial charge in [-0.05, 0) is 44.1 Å². The minimum atomic E-state index is -0.0803. The standard InChI is InChI=1S/C13H18FN/c1-10-4-5-11(8-12(10)14)13(2)6-7-15(3)9-13/h4-5,8H,6-7,9H2,1-3H3/t13-/m1/s1. The minimum Gasteiger partial charge on any atom is -0.305 e. The summed E-state index contributed by atoms with van der Waals surface area (Å²) in [6.07, 6.45) is 1.12. The van der Waals surface area contributed by atoms with Gasteiger partial charge in [-0.2, -0.15) is 0 Å². The second-order valence-electron chi connectivity index (χ2n) is 5.01. The van der Waals surface area contributed by atoms with E-state index < -0.39 is 0 Å². The molecule has 15 heavy (non-hydrogen) atoms. The van der Waals surface area contributed by atoms with E-state index in [1.165, 1.54) is 0 Å². The molecule has 0 N–H and O–H groups in total. The van der Waals surface area contributed by atoms with Gasteiger partial charge in [-0.3, -0.25) is 0 Å². The molecule has 82 valence electrons. The molecule has 0 saturated carbocycles. The molecule has 2 heteroatoms. The SMILES string of the molecule is Cc1ccc([C@]2(C)CCN(C)C2)cc1F. The summed E-state index contributed by atoms with van der Waals surface area (Å²) in [6.45, 7) is 6.16. The molecule has 2 rings (SSSR count). The summed E-state index contributed by atoms with van der Waals surface area (Å²) in [5, 5.41) is 0. The molecule has 0 aromatic heterocycles. The Kier molecular flexibility index (Phi) is 2.55. The van der Waals surface area contributed by atoms with E-state index >= 15 is 0 Å². The van der Waals surface area contributed by atoms with Crippen molar-refractivity contribution in [2.45, 2.75) is 25.7 Å². The molecule has 1 fully saturated rings. The number of aryl methyl sites for hydroxylation is 1. The van der Waals surface area contributed by atoms with E-state index in [0.717, 1.165) is 30.6 Å². The van der Waals surface area contributed by atoms with Crippen molar-refractivity contribution in [2.24, 2.45) is 0 Å². The summed E-state index contributed by atoms with van der Waals surface area (Å²) in [5.41, 5.74) is 1.99. The van der Waals surface area contributed by atoms with Crippen molar-refractivity contribution in [3.05, 3.63) is 35.1 Å². The molecule has 0 spiro atoms. The van der Waals surface area contributed by atoms with Gasteiger partial charge in [-0.25, -0.2) is 4.39 Å². The highest BCUT2D eigenvalue weighted by Crippen LogP contribution is 2.33. The summed E-state index contributed by atoms with van der Waals surface area (Å²) in [6, 6.07) is 5.65. The first-order valence-corrected chi connectivity index (χ1v) is 5.46. The molecule has 1 aromatic carbocycles. The lowest BCUT2D eigenvalue weighted by atomic mass is 9.81. The lowest BCUT2D eigenvalue weighted by Gasteiger charge is -2.24. The molecule has 1 saturated heterocycles. The van der Waals surface area contributed by atoms with Crippen LogP contribution in [-0.4, -0.2) is 25.0 Å². The highest BCUT2D eigenvalue weighted by atomic mass is 19.1. The molecule has 1 aliphatic rings. The van der Waals surface area contributed by atoms with Crippen LogP contribution in [0.2, 0.25) is 0 Å². The van der Waals surface area contributed by atoms with Crippen LogP contribution >= 0.6 is 0 Å². The second kappa shape index (κ2) is 3.60. The third kappa shape index (κ3) is 1.91. The highest BCUT2D eigenvalue weighted by molar-refractivity contribution is 5.30. The smallest absolute Gasteiger partial charge is 0.126 e. The number of benzene rings is 1. The van der Waals surface area contributed by atoms with E-state index in [2.05, 4.69) is 24.9 Å². The first kappa shape index (κ1) is 10.6. The Morgan fingerprint density at radius 2 is 2.13 bits per heavy atom.